The lowest BCUT2D eigenvalue weighted by Crippen LogP contribution is -2.56. The molecule has 0 aliphatic carbocycles. The molecule has 3 unspecified atom stereocenters. The molecule has 0 aromatic heterocycles. The number of carbonyl (C=O) groups is 3. The number of ether oxygens (including phenoxy) is 2. The topological polar surface area (TPSA) is 96.4 Å². The van der Waals surface area contributed by atoms with Crippen LogP contribution < -0.4 is 0 Å². The molecule has 6 atom stereocenters. The fraction of sp³-hybridized carbons (Fsp3) is 0.759. The molecule has 0 aromatic rings. The van der Waals surface area contributed by atoms with E-state index in [0.717, 1.165) is 32.1 Å². The number of aliphatic hydroxyl groups excluding tert-OH is 1. The van der Waals surface area contributed by atoms with E-state index in [1.807, 2.05) is 13.8 Å². The Kier molecular flexibility index (Phi) is 9.98. The van der Waals surface area contributed by atoms with Gasteiger partial charge in [0, 0.05) is 26.2 Å². The van der Waals surface area contributed by atoms with Crippen molar-refractivity contribution < 1.29 is 29.0 Å². The van der Waals surface area contributed by atoms with Gasteiger partial charge >= 0.3 is 5.97 Å². The number of esters is 1. The van der Waals surface area contributed by atoms with Crippen molar-refractivity contribution in [3.63, 3.8) is 0 Å². The van der Waals surface area contributed by atoms with Crippen molar-refractivity contribution in [3.05, 3.63) is 25.3 Å². The average Bonchev–Trinajstić information content (AvgIpc) is 3.38. The SMILES string of the molecule is C=CCCOC(=O)[C@H]1[C@H]2C(=O)N(CCCCCCO)C(C(=O)N(CC=C)CCCC)C23CC(C)[C@]1(C)O3. The van der Waals surface area contributed by atoms with Crippen molar-refractivity contribution in [2.75, 3.05) is 32.8 Å². The van der Waals surface area contributed by atoms with Crippen LogP contribution in [0.2, 0.25) is 0 Å². The third-order valence-electron chi connectivity index (χ3n) is 8.62. The number of hydrogen-bond acceptors (Lipinski definition) is 6. The van der Waals surface area contributed by atoms with E-state index in [9.17, 15) is 14.4 Å². The van der Waals surface area contributed by atoms with Gasteiger partial charge in [-0.15, -0.1) is 13.2 Å². The summed E-state index contributed by atoms with van der Waals surface area (Å²) < 4.78 is 12.3. The van der Waals surface area contributed by atoms with Gasteiger partial charge in [0.15, 0.2) is 0 Å². The molecule has 3 aliphatic heterocycles. The molecule has 1 spiro atoms. The predicted molar refractivity (Wildman–Crippen MR) is 141 cm³/mol. The molecule has 8 nitrogen and oxygen atoms in total. The van der Waals surface area contributed by atoms with E-state index in [2.05, 4.69) is 20.1 Å². The summed E-state index contributed by atoms with van der Waals surface area (Å²) in [5.74, 6) is -2.26. The molecule has 3 rings (SSSR count). The molecule has 2 amide bonds. The van der Waals surface area contributed by atoms with Crippen LogP contribution in [-0.4, -0.2) is 82.8 Å². The van der Waals surface area contributed by atoms with Crippen LogP contribution in [0, 0.1) is 17.8 Å². The number of carbonyl (C=O) groups excluding carboxylic acids is 3. The van der Waals surface area contributed by atoms with Crippen LogP contribution in [0.5, 0.6) is 0 Å². The molecule has 3 heterocycles. The zero-order valence-corrected chi connectivity index (χ0v) is 23.0. The second-order valence-corrected chi connectivity index (χ2v) is 11.0. The number of fused-ring (bicyclic) bond motifs is 1. The molecule has 2 bridgehead atoms. The van der Waals surface area contributed by atoms with Crippen LogP contribution in [0.4, 0.5) is 0 Å². The monoisotopic (exact) mass is 518 g/mol. The smallest absolute Gasteiger partial charge is 0.312 e. The third-order valence-corrected chi connectivity index (χ3v) is 8.62. The van der Waals surface area contributed by atoms with Crippen LogP contribution >= 0.6 is 0 Å². The van der Waals surface area contributed by atoms with Crippen LogP contribution in [0.15, 0.2) is 25.3 Å². The highest BCUT2D eigenvalue weighted by atomic mass is 16.6. The maximum absolute atomic E-state index is 14.2. The summed E-state index contributed by atoms with van der Waals surface area (Å²) in [4.78, 5) is 45.2. The third kappa shape index (κ3) is 5.37. The Hall–Kier alpha value is -2.19. The van der Waals surface area contributed by atoms with Crippen molar-refractivity contribution in [2.24, 2.45) is 17.8 Å². The lowest BCUT2D eigenvalue weighted by Gasteiger charge is -2.37. The largest absolute Gasteiger partial charge is 0.465 e. The molecule has 208 valence electrons. The number of aliphatic hydroxyl groups is 1. The first-order chi connectivity index (χ1) is 17.7. The Bertz CT molecular complexity index is 861. The minimum atomic E-state index is -1.05. The first-order valence-electron chi connectivity index (χ1n) is 14.0. The van der Waals surface area contributed by atoms with Crippen molar-refractivity contribution in [3.8, 4) is 0 Å². The van der Waals surface area contributed by atoms with Crippen molar-refractivity contribution >= 4 is 17.8 Å². The predicted octanol–water partition coefficient (Wildman–Crippen LogP) is 3.48. The number of amides is 2. The normalized spacial score (nSPS) is 31.9. The van der Waals surface area contributed by atoms with Gasteiger partial charge in [-0.1, -0.05) is 45.3 Å². The molecule has 3 fully saturated rings. The highest BCUT2D eigenvalue weighted by molar-refractivity contribution is 5.98. The fourth-order valence-electron chi connectivity index (χ4n) is 6.67. The number of unbranched alkanes of at least 4 members (excludes halogenated alkanes) is 4. The molecule has 0 radical (unpaired) electrons. The summed E-state index contributed by atoms with van der Waals surface area (Å²) in [6.07, 6.45) is 9.41. The molecular formula is C29H46N2O6. The van der Waals surface area contributed by atoms with Crippen LogP contribution in [-0.2, 0) is 23.9 Å². The zero-order valence-electron chi connectivity index (χ0n) is 23.0. The molecular weight excluding hydrogens is 472 g/mol. The van der Waals surface area contributed by atoms with Crippen LogP contribution in [0.3, 0.4) is 0 Å². The summed E-state index contributed by atoms with van der Waals surface area (Å²) in [6.45, 7) is 15.3. The minimum Gasteiger partial charge on any atom is -0.465 e. The van der Waals surface area contributed by atoms with Gasteiger partial charge in [-0.3, -0.25) is 14.4 Å². The fourth-order valence-corrected chi connectivity index (χ4v) is 6.67. The highest BCUT2D eigenvalue weighted by Crippen LogP contribution is 2.65. The van der Waals surface area contributed by atoms with Gasteiger partial charge in [0.2, 0.25) is 11.8 Å². The van der Waals surface area contributed by atoms with E-state index in [4.69, 9.17) is 14.6 Å². The van der Waals surface area contributed by atoms with Crippen LogP contribution in [0.25, 0.3) is 0 Å². The quantitative estimate of drug-likeness (QED) is 0.191. The molecule has 0 aromatic carbocycles. The van der Waals surface area contributed by atoms with E-state index < -0.39 is 35.0 Å². The van der Waals surface area contributed by atoms with Gasteiger partial charge in [0.05, 0.1) is 18.1 Å². The molecule has 0 saturated carbocycles. The van der Waals surface area contributed by atoms with E-state index in [1.54, 1.807) is 22.0 Å². The number of hydrogen-bond donors (Lipinski definition) is 1. The lowest BCUT2D eigenvalue weighted by molar-refractivity contribution is -0.162. The van der Waals surface area contributed by atoms with E-state index >= 15 is 0 Å². The summed E-state index contributed by atoms with van der Waals surface area (Å²) in [5.41, 5.74) is -1.93. The number of rotatable bonds is 16. The van der Waals surface area contributed by atoms with Gasteiger partial charge < -0.3 is 24.4 Å². The van der Waals surface area contributed by atoms with Gasteiger partial charge in [-0.25, -0.2) is 0 Å². The number of likely N-dealkylation sites (tertiary alicyclic amines) is 1. The van der Waals surface area contributed by atoms with E-state index in [-0.39, 0.29) is 30.9 Å². The Labute approximate surface area is 222 Å². The Balaban J connectivity index is 1.98. The van der Waals surface area contributed by atoms with Crippen molar-refractivity contribution in [1.29, 1.82) is 0 Å². The Morgan fingerprint density at radius 2 is 1.95 bits per heavy atom. The highest BCUT2D eigenvalue weighted by Gasteiger charge is 2.80. The summed E-state index contributed by atoms with van der Waals surface area (Å²) in [7, 11) is 0. The first kappa shape index (κ1) is 29.4. The second-order valence-electron chi connectivity index (χ2n) is 11.0. The molecule has 8 heteroatoms. The lowest BCUT2D eigenvalue weighted by atomic mass is 9.62. The van der Waals surface area contributed by atoms with Gasteiger partial charge in [0.25, 0.3) is 0 Å². The zero-order chi connectivity index (χ0) is 27.2. The molecule has 3 saturated heterocycles. The molecule has 3 aliphatic rings. The maximum atomic E-state index is 14.2. The summed E-state index contributed by atoms with van der Waals surface area (Å²) >= 11 is 0. The first-order valence-corrected chi connectivity index (χ1v) is 14.0. The van der Waals surface area contributed by atoms with Gasteiger partial charge in [-0.05, 0) is 44.9 Å². The molecule has 1 N–H and O–H groups in total. The summed E-state index contributed by atoms with van der Waals surface area (Å²) in [5, 5.41) is 9.11. The van der Waals surface area contributed by atoms with Crippen molar-refractivity contribution in [2.45, 2.75) is 89.4 Å². The van der Waals surface area contributed by atoms with Crippen molar-refractivity contribution in [1.82, 2.24) is 9.80 Å². The Morgan fingerprint density at radius 3 is 2.59 bits per heavy atom. The Morgan fingerprint density at radius 1 is 1.22 bits per heavy atom. The van der Waals surface area contributed by atoms with Gasteiger partial charge in [-0.2, -0.15) is 0 Å². The second kappa shape index (κ2) is 12.6. The van der Waals surface area contributed by atoms with E-state index in [0.29, 0.717) is 38.9 Å². The number of nitrogens with zero attached hydrogens (tertiary/aromatic N) is 2. The maximum Gasteiger partial charge on any atom is 0.312 e. The average molecular weight is 519 g/mol. The molecule has 37 heavy (non-hydrogen) atoms. The standard InChI is InChI=1S/C29H46N2O6/c1-6-9-16-30(15-8-3)26(34)24-29-20-21(4)28(5,37-29)23(27(35)36-19-10-7-2)22(29)25(33)31(24)17-13-11-12-14-18-32/h7-8,21-24,32H,2-3,6,9-20H2,1,4-5H3/t21?,22-,23+,24?,28-,29?/m0/s1. The van der Waals surface area contributed by atoms with E-state index in [1.165, 1.54) is 0 Å². The van der Waals surface area contributed by atoms with Crippen LogP contribution in [0.1, 0.15) is 72.1 Å². The minimum absolute atomic E-state index is 0.0168. The van der Waals surface area contributed by atoms with Gasteiger partial charge in [0.1, 0.15) is 17.6 Å². The summed E-state index contributed by atoms with van der Waals surface area (Å²) in [6, 6.07) is -0.783.